The number of aromatic nitrogens is 2. The molecule has 0 aliphatic rings. The molecule has 8 heteroatoms. The Labute approximate surface area is 166 Å². The highest BCUT2D eigenvalue weighted by Crippen LogP contribution is 2.26. The summed E-state index contributed by atoms with van der Waals surface area (Å²) in [6.45, 7) is 4.52. The molecule has 2 heterocycles. The summed E-state index contributed by atoms with van der Waals surface area (Å²) in [5.41, 5.74) is 3.43. The lowest BCUT2D eigenvalue weighted by atomic mass is 10.2. The van der Waals surface area contributed by atoms with Gasteiger partial charge in [-0.15, -0.1) is 0 Å². The Morgan fingerprint density at radius 3 is 2.69 bits per heavy atom. The number of rotatable bonds is 6. The summed E-state index contributed by atoms with van der Waals surface area (Å²) < 4.78 is 12.7. The Morgan fingerprint density at radius 2 is 2.00 bits per heavy atom. The summed E-state index contributed by atoms with van der Waals surface area (Å²) in [7, 11) is 0. The van der Waals surface area contributed by atoms with E-state index in [2.05, 4.69) is 14.5 Å². The molecule has 146 valence electrons. The van der Waals surface area contributed by atoms with Crippen molar-refractivity contribution in [2.75, 3.05) is 6.61 Å². The molecule has 0 N–H and O–H groups in total. The number of hydrogen-bond donors (Lipinski definition) is 0. The zero-order valence-electron chi connectivity index (χ0n) is 15.9. The highest BCUT2D eigenvalue weighted by Gasteiger charge is 2.12. The standard InChI is InChI=1S/C21H18N4O4/c1-3-28-17-7-5-16(6-8-17)24-14(2)23-19-12-15(4-10-20(19)24)22-13-18-9-11-21(29-18)25(26)27/h4-13H,3H2,1-2H3. The van der Waals surface area contributed by atoms with E-state index in [1.807, 2.05) is 56.3 Å². The summed E-state index contributed by atoms with van der Waals surface area (Å²) in [6, 6.07) is 16.3. The van der Waals surface area contributed by atoms with Crippen molar-refractivity contribution < 1.29 is 14.1 Å². The summed E-state index contributed by atoms with van der Waals surface area (Å²) in [4.78, 5) is 19.1. The second kappa shape index (κ2) is 7.59. The van der Waals surface area contributed by atoms with Crippen LogP contribution in [0.25, 0.3) is 16.7 Å². The number of imidazole rings is 1. The lowest BCUT2D eigenvalue weighted by Gasteiger charge is -2.08. The minimum Gasteiger partial charge on any atom is -0.494 e. The molecule has 0 aliphatic carbocycles. The molecule has 0 bridgehead atoms. The molecule has 0 radical (unpaired) electrons. The normalized spacial score (nSPS) is 11.4. The van der Waals surface area contributed by atoms with Gasteiger partial charge < -0.3 is 9.15 Å². The van der Waals surface area contributed by atoms with Gasteiger partial charge in [-0.3, -0.25) is 19.7 Å². The third-order valence-electron chi connectivity index (χ3n) is 4.35. The lowest BCUT2D eigenvalue weighted by molar-refractivity contribution is -0.402. The largest absolute Gasteiger partial charge is 0.494 e. The lowest BCUT2D eigenvalue weighted by Crippen LogP contribution is -1.97. The first-order valence-corrected chi connectivity index (χ1v) is 9.06. The number of aliphatic imine (C=N–C) groups is 1. The van der Waals surface area contributed by atoms with Crippen molar-refractivity contribution >= 4 is 28.8 Å². The van der Waals surface area contributed by atoms with Crippen LogP contribution in [0.2, 0.25) is 0 Å². The van der Waals surface area contributed by atoms with Crippen molar-refractivity contribution in [3.05, 3.63) is 76.3 Å². The van der Waals surface area contributed by atoms with Crippen LogP contribution >= 0.6 is 0 Å². The number of nitrogens with zero attached hydrogens (tertiary/aromatic N) is 4. The minimum absolute atomic E-state index is 0.313. The van der Waals surface area contributed by atoms with E-state index in [1.54, 1.807) is 0 Å². The topological polar surface area (TPSA) is 95.7 Å². The van der Waals surface area contributed by atoms with Crippen molar-refractivity contribution in [1.29, 1.82) is 0 Å². The van der Waals surface area contributed by atoms with Crippen molar-refractivity contribution in [3.8, 4) is 11.4 Å². The molecule has 0 amide bonds. The van der Waals surface area contributed by atoms with Gasteiger partial charge >= 0.3 is 5.88 Å². The molecular formula is C21H18N4O4. The van der Waals surface area contributed by atoms with E-state index in [9.17, 15) is 10.1 Å². The maximum Gasteiger partial charge on any atom is 0.433 e. The maximum absolute atomic E-state index is 10.7. The third kappa shape index (κ3) is 3.73. The Bertz CT molecular complexity index is 1210. The zero-order chi connectivity index (χ0) is 20.4. The molecule has 4 aromatic rings. The number of furan rings is 1. The van der Waals surface area contributed by atoms with E-state index < -0.39 is 4.92 Å². The number of ether oxygens (including phenoxy) is 1. The average Bonchev–Trinajstić information content (AvgIpc) is 3.31. The van der Waals surface area contributed by atoms with Gasteiger partial charge in [0.05, 0.1) is 35.6 Å². The Hall–Kier alpha value is -3.94. The SMILES string of the molecule is CCOc1ccc(-n2c(C)nc3cc(N=Cc4ccc([N+](=O)[O-])o4)ccc32)cc1. The fourth-order valence-corrected chi connectivity index (χ4v) is 3.10. The van der Waals surface area contributed by atoms with E-state index >= 15 is 0 Å². The van der Waals surface area contributed by atoms with Gasteiger partial charge in [0.15, 0.2) is 5.76 Å². The molecule has 0 spiro atoms. The fourth-order valence-electron chi connectivity index (χ4n) is 3.10. The fraction of sp³-hybridized carbons (Fsp3) is 0.143. The minimum atomic E-state index is -0.584. The first-order chi connectivity index (χ1) is 14.0. The van der Waals surface area contributed by atoms with Crippen LogP contribution in [0.1, 0.15) is 18.5 Å². The van der Waals surface area contributed by atoms with Gasteiger partial charge in [0.1, 0.15) is 16.5 Å². The highest BCUT2D eigenvalue weighted by atomic mass is 16.6. The second-order valence-corrected chi connectivity index (χ2v) is 6.29. The van der Waals surface area contributed by atoms with Crippen molar-refractivity contribution in [1.82, 2.24) is 9.55 Å². The number of fused-ring (bicyclic) bond motifs is 1. The molecule has 0 atom stereocenters. The van der Waals surface area contributed by atoms with Crippen LogP contribution in [0, 0.1) is 17.0 Å². The molecule has 4 rings (SSSR count). The van der Waals surface area contributed by atoms with Crippen LogP contribution in [0.3, 0.4) is 0 Å². The molecule has 2 aromatic carbocycles. The van der Waals surface area contributed by atoms with Gasteiger partial charge in [-0.1, -0.05) is 0 Å². The van der Waals surface area contributed by atoms with Crippen molar-refractivity contribution in [2.45, 2.75) is 13.8 Å². The van der Waals surface area contributed by atoms with Crippen LogP contribution < -0.4 is 4.74 Å². The molecular weight excluding hydrogens is 372 g/mol. The monoisotopic (exact) mass is 390 g/mol. The molecule has 0 saturated carbocycles. The first-order valence-electron chi connectivity index (χ1n) is 9.06. The molecule has 0 saturated heterocycles. The first kappa shape index (κ1) is 18.4. The summed E-state index contributed by atoms with van der Waals surface area (Å²) >= 11 is 0. The molecule has 29 heavy (non-hydrogen) atoms. The van der Waals surface area contributed by atoms with Gasteiger partial charge in [-0.25, -0.2) is 4.98 Å². The number of aryl methyl sites for hydroxylation is 1. The molecule has 8 nitrogen and oxygen atoms in total. The van der Waals surface area contributed by atoms with E-state index in [1.165, 1.54) is 18.3 Å². The van der Waals surface area contributed by atoms with Crippen LogP contribution in [-0.4, -0.2) is 27.3 Å². The van der Waals surface area contributed by atoms with E-state index in [-0.39, 0.29) is 5.88 Å². The molecule has 0 aliphatic heterocycles. The molecule has 0 fully saturated rings. The van der Waals surface area contributed by atoms with Crippen molar-refractivity contribution in [3.63, 3.8) is 0 Å². The Kier molecular flexibility index (Phi) is 4.82. The number of nitro groups is 1. The smallest absolute Gasteiger partial charge is 0.433 e. The van der Waals surface area contributed by atoms with Gasteiger partial charge in [0.2, 0.25) is 0 Å². The van der Waals surface area contributed by atoms with Crippen LogP contribution in [0.4, 0.5) is 11.6 Å². The van der Waals surface area contributed by atoms with Gasteiger partial charge in [-0.2, -0.15) is 0 Å². The quantitative estimate of drug-likeness (QED) is 0.263. The van der Waals surface area contributed by atoms with Gasteiger partial charge in [-0.05, 0) is 62.4 Å². The predicted octanol–water partition coefficient (Wildman–Crippen LogP) is 4.98. The average molecular weight is 390 g/mol. The molecule has 0 unspecified atom stereocenters. The van der Waals surface area contributed by atoms with Crippen LogP contribution in [0.5, 0.6) is 5.75 Å². The van der Waals surface area contributed by atoms with Crippen molar-refractivity contribution in [2.24, 2.45) is 4.99 Å². The van der Waals surface area contributed by atoms with E-state index in [0.29, 0.717) is 18.1 Å². The Morgan fingerprint density at radius 1 is 1.21 bits per heavy atom. The maximum atomic E-state index is 10.7. The Balaban J connectivity index is 1.63. The summed E-state index contributed by atoms with van der Waals surface area (Å²) in [5.74, 6) is 1.68. The van der Waals surface area contributed by atoms with Crippen LogP contribution in [0.15, 0.2) is 64.0 Å². The van der Waals surface area contributed by atoms with E-state index in [4.69, 9.17) is 9.15 Å². The highest BCUT2D eigenvalue weighted by molar-refractivity contribution is 5.84. The second-order valence-electron chi connectivity index (χ2n) is 6.29. The number of hydrogen-bond acceptors (Lipinski definition) is 6. The molecule has 2 aromatic heterocycles. The van der Waals surface area contributed by atoms with Gasteiger partial charge in [0.25, 0.3) is 0 Å². The predicted molar refractivity (Wildman–Crippen MR) is 110 cm³/mol. The van der Waals surface area contributed by atoms with E-state index in [0.717, 1.165) is 28.3 Å². The number of benzene rings is 2. The summed E-state index contributed by atoms with van der Waals surface area (Å²) in [5, 5.41) is 10.7. The third-order valence-corrected chi connectivity index (χ3v) is 4.35. The zero-order valence-corrected chi connectivity index (χ0v) is 15.9. The van der Waals surface area contributed by atoms with Gasteiger partial charge in [0, 0.05) is 5.69 Å². The summed E-state index contributed by atoms with van der Waals surface area (Å²) in [6.07, 6.45) is 1.45. The van der Waals surface area contributed by atoms with Crippen LogP contribution in [-0.2, 0) is 0 Å².